The molecule has 0 bridgehead atoms. The predicted octanol–water partition coefficient (Wildman–Crippen LogP) is 1.82. The van der Waals surface area contributed by atoms with E-state index in [-0.39, 0.29) is 22.7 Å². The van der Waals surface area contributed by atoms with E-state index in [2.05, 4.69) is 30.0 Å². The number of fused-ring (bicyclic) bond motifs is 4. The first-order valence-electron chi connectivity index (χ1n) is 6.71. The van der Waals surface area contributed by atoms with Gasteiger partial charge in [-0.25, -0.2) is 19.9 Å². The van der Waals surface area contributed by atoms with Crippen LogP contribution >= 0.6 is 0 Å². The molecule has 3 aromatic rings. The number of hydrogen-bond acceptors (Lipinski definition) is 7. The smallest absolute Gasteiger partial charge is 0.199 e. The molecule has 0 radical (unpaired) electrons. The minimum atomic E-state index is -0.113. The standard InChI is InChI=1S/C16H4N8/c1-19-24-13-9-5-3-2-4-8(9)12-14(13)23-16-15(22-12)20-10(6-17)11(7-18)21-16/h2-5H. The monoisotopic (exact) mass is 308 g/mol. The second-order valence-electron chi connectivity index (χ2n) is 4.81. The zero-order valence-electron chi connectivity index (χ0n) is 11.9. The van der Waals surface area contributed by atoms with Crippen molar-refractivity contribution < 1.29 is 0 Å². The van der Waals surface area contributed by atoms with E-state index in [1.54, 1.807) is 0 Å². The minimum absolute atomic E-state index is 0.0967. The SMILES string of the molecule is [C-]#[N+]N=C1c2ccccc2-c2nc3nc(C#N)c(C#N)nc3nc21. The van der Waals surface area contributed by atoms with E-state index in [4.69, 9.17) is 17.1 Å². The molecule has 0 unspecified atom stereocenters. The summed E-state index contributed by atoms with van der Waals surface area (Å²) in [6.07, 6.45) is 0. The van der Waals surface area contributed by atoms with Gasteiger partial charge in [-0.1, -0.05) is 24.3 Å². The average molecular weight is 308 g/mol. The van der Waals surface area contributed by atoms with E-state index < -0.39 is 0 Å². The minimum Gasteiger partial charge on any atom is -0.223 e. The third kappa shape index (κ3) is 1.73. The van der Waals surface area contributed by atoms with Gasteiger partial charge in [0.1, 0.15) is 23.5 Å². The second kappa shape index (κ2) is 4.91. The molecule has 0 saturated carbocycles. The van der Waals surface area contributed by atoms with Crippen molar-refractivity contribution in [3.63, 3.8) is 0 Å². The summed E-state index contributed by atoms with van der Waals surface area (Å²) < 4.78 is 0. The summed E-state index contributed by atoms with van der Waals surface area (Å²) >= 11 is 0. The molecule has 0 spiro atoms. The van der Waals surface area contributed by atoms with Crippen molar-refractivity contribution >= 4 is 17.0 Å². The Balaban J connectivity index is 2.11. The molecule has 0 saturated heterocycles. The first-order chi connectivity index (χ1) is 11.8. The normalized spacial score (nSPS) is 13.0. The van der Waals surface area contributed by atoms with Crippen LogP contribution in [-0.2, 0) is 0 Å². The highest BCUT2D eigenvalue weighted by atomic mass is 15.2. The summed E-state index contributed by atoms with van der Waals surface area (Å²) in [5.74, 6) is 0. The van der Waals surface area contributed by atoms with Gasteiger partial charge in [-0.2, -0.15) is 17.1 Å². The van der Waals surface area contributed by atoms with Gasteiger partial charge in [0, 0.05) is 11.1 Å². The Kier molecular flexibility index (Phi) is 2.75. The lowest BCUT2D eigenvalue weighted by atomic mass is 10.1. The highest BCUT2D eigenvalue weighted by Gasteiger charge is 2.31. The quantitative estimate of drug-likeness (QED) is 0.361. The van der Waals surface area contributed by atoms with E-state index in [0.29, 0.717) is 17.1 Å². The van der Waals surface area contributed by atoms with Crippen LogP contribution in [0.3, 0.4) is 0 Å². The number of aromatic nitrogens is 4. The summed E-state index contributed by atoms with van der Waals surface area (Å²) in [7, 11) is 0. The number of nitrogens with zero attached hydrogens (tertiary/aromatic N) is 8. The summed E-state index contributed by atoms with van der Waals surface area (Å²) in [4.78, 5) is 20.0. The number of rotatable bonds is 0. The highest BCUT2D eigenvalue weighted by molar-refractivity contribution is 6.23. The largest absolute Gasteiger partial charge is 0.223 e. The number of hydrogen-bond donors (Lipinski definition) is 0. The van der Waals surface area contributed by atoms with Crippen molar-refractivity contribution in [2.24, 2.45) is 5.10 Å². The van der Waals surface area contributed by atoms with Crippen molar-refractivity contribution in [1.82, 2.24) is 19.9 Å². The third-order valence-corrected chi connectivity index (χ3v) is 3.54. The van der Waals surface area contributed by atoms with E-state index in [1.807, 2.05) is 36.4 Å². The van der Waals surface area contributed by atoms with Gasteiger partial charge < -0.3 is 0 Å². The molecule has 24 heavy (non-hydrogen) atoms. The zero-order chi connectivity index (χ0) is 16.7. The molecule has 4 rings (SSSR count). The van der Waals surface area contributed by atoms with Gasteiger partial charge in [-0.3, -0.25) is 0 Å². The fourth-order valence-electron chi connectivity index (χ4n) is 2.57. The molecule has 0 fully saturated rings. The molecular formula is C16H4N8. The molecule has 0 N–H and O–H groups in total. The molecule has 2 aromatic heterocycles. The summed E-state index contributed by atoms with van der Waals surface area (Å²) in [5.41, 5.74) is 2.99. The lowest BCUT2D eigenvalue weighted by Gasteiger charge is -2.02. The fourth-order valence-corrected chi connectivity index (χ4v) is 2.57. The van der Waals surface area contributed by atoms with Crippen LogP contribution < -0.4 is 0 Å². The molecule has 108 valence electrons. The van der Waals surface area contributed by atoms with Crippen LogP contribution in [0.15, 0.2) is 29.4 Å². The second-order valence-corrected chi connectivity index (χ2v) is 4.81. The first kappa shape index (κ1) is 13.4. The molecule has 2 heterocycles. The van der Waals surface area contributed by atoms with Gasteiger partial charge in [0.05, 0.1) is 5.10 Å². The van der Waals surface area contributed by atoms with E-state index >= 15 is 0 Å². The van der Waals surface area contributed by atoms with E-state index in [0.717, 1.165) is 11.1 Å². The zero-order valence-corrected chi connectivity index (χ0v) is 11.9. The molecule has 0 amide bonds. The number of nitriles is 2. The van der Waals surface area contributed by atoms with Crippen molar-refractivity contribution in [2.45, 2.75) is 0 Å². The Hall–Kier alpha value is -4.22. The molecule has 0 aliphatic heterocycles. The van der Waals surface area contributed by atoms with Crippen LogP contribution in [0.5, 0.6) is 0 Å². The molecule has 0 atom stereocenters. The van der Waals surface area contributed by atoms with Crippen LogP contribution in [0.4, 0.5) is 0 Å². The van der Waals surface area contributed by atoms with Crippen molar-refractivity contribution in [3.05, 3.63) is 58.4 Å². The van der Waals surface area contributed by atoms with Crippen LogP contribution in [0.2, 0.25) is 0 Å². The third-order valence-electron chi connectivity index (χ3n) is 3.54. The molecule has 1 aliphatic carbocycles. The van der Waals surface area contributed by atoms with Crippen LogP contribution in [-0.4, -0.2) is 25.6 Å². The molecule has 8 heteroatoms. The number of benzene rings is 1. The van der Waals surface area contributed by atoms with Gasteiger partial charge >= 0.3 is 0 Å². The van der Waals surface area contributed by atoms with Gasteiger partial charge in [-0.15, -0.1) is 4.95 Å². The van der Waals surface area contributed by atoms with Crippen molar-refractivity contribution in [3.8, 4) is 23.4 Å². The van der Waals surface area contributed by atoms with Gasteiger partial charge in [0.25, 0.3) is 0 Å². The summed E-state index contributed by atoms with van der Waals surface area (Å²) in [6, 6.07) is 11.0. The first-order valence-corrected chi connectivity index (χ1v) is 6.71. The molecule has 1 aliphatic rings. The Bertz CT molecular complexity index is 1190. The summed E-state index contributed by atoms with van der Waals surface area (Å²) in [5, 5.41) is 22.0. The van der Waals surface area contributed by atoms with Crippen molar-refractivity contribution in [2.75, 3.05) is 0 Å². The Labute approximate surface area is 135 Å². The maximum Gasteiger partial charge on any atom is 0.199 e. The van der Waals surface area contributed by atoms with Crippen LogP contribution in [0.25, 0.3) is 27.5 Å². The maximum absolute atomic E-state index is 9.07. The van der Waals surface area contributed by atoms with E-state index in [9.17, 15) is 0 Å². The molecular weight excluding hydrogens is 304 g/mol. The Morgan fingerprint density at radius 3 is 2.04 bits per heavy atom. The van der Waals surface area contributed by atoms with Gasteiger partial charge in [0.15, 0.2) is 28.4 Å². The maximum atomic E-state index is 9.07. The Morgan fingerprint density at radius 1 is 0.875 bits per heavy atom. The molecule has 1 aromatic carbocycles. The van der Waals surface area contributed by atoms with Crippen LogP contribution in [0.1, 0.15) is 22.6 Å². The topological polar surface area (TPSA) is 116 Å². The fraction of sp³-hybridized carbons (Fsp3) is 0. The highest BCUT2D eigenvalue weighted by Crippen LogP contribution is 2.35. The van der Waals surface area contributed by atoms with Crippen molar-refractivity contribution in [1.29, 1.82) is 10.5 Å². The lowest BCUT2D eigenvalue weighted by Crippen LogP contribution is -2.05. The van der Waals surface area contributed by atoms with Gasteiger partial charge in [0.2, 0.25) is 0 Å². The summed E-state index contributed by atoms with van der Waals surface area (Å²) in [6.45, 7) is 7.01. The van der Waals surface area contributed by atoms with Gasteiger partial charge in [-0.05, 0) is 0 Å². The van der Waals surface area contributed by atoms with Crippen LogP contribution in [0, 0.1) is 29.2 Å². The molecule has 8 nitrogen and oxygen atoms in total. The average Bonchev–Trinajstić information content (AvgIpc) is 2.92. The Morgan fingerprint density at radius 2 is 1.46 bits per heavy atom. The van der Waals surface area contributed by atoms with E-state index in [1.165, 1.54) is 0 Å². The predicted molar refractivity (Wildman–Crippen MR) is 82.2 cm³/mol. The lowest BCUT2D eigenvalue weighted by molar-refractivity contribution is 1.11.